The van der Waals surface area contributed by atoms with E-state index in [4.69, 9.17) is 0 Å². The molecule has 0 bridgehead atoms. The van der Waals surface area contributed by atoms with Crippen molar-refractivity contribution >= 4 is 11.9 Å². The third-order valence-corrected chi connectivity index (χ3v) is 3.65. The molecule has 6 nitrogen and oxygen atoms in total. The van der Waals surface area contributed by atoms with E-state index in [0.717, 1.165) is 11.5 Å². The smallest absolute Gasteiger partial charge is 0.129 e. The first kappa shape index (κ1) is 31.5. The fourth-order valence-corrected chi connectivity index (χ4v) is 1.97. The van der Waals surface area contributed by atoms with E-state index in [2.05, 4.69) is 85.3 Å². The van der Waals surface area contributed by atoms with Gasteiger partial charge in [0.25, 0.3) is 0 Å². The molecule has 0 aromatic carbocycles. The second-order valence-corrected chi connectivity index (χ2v) is 8.60. The van der Waals surface area contributed by atoms with Crippen molar-refractivity contribution in [3.05, 3.63) is 36.4 Å². The lowest BCUT2D eigenvalue weighted by molar-refractivity contribution is 0.552. The fraction of sp³-hybridized carbons (Fsp3) is 0.652. The third kappa shape index (κ3) is 12.0. The van der Waals surface area contributed by atoms with Gasteiger partial charge in [-0.3, -0.25) is 9.98 Å². The number of aromatic nitrogens is 4. The van der Waals surface area contributed by atoms with Gasteiger partial charge in [-0.05, 0) is 5.92 Å². The molecule has 0 fully saturated rings. The van der Waals surface area contributed by atoms with Crippen molar-refractivity contribution in [2.75, 3.05) is 6.67 Å². The Bertz CT molecular complexity index is 666. The summed E-state index contributed by atoms with van der Waals surface area (Å²) in [5.74, 6) is 1.61. The third-order valence-electron chi connectivity index (χ3n) is 3.65. The van der Waals surface area contributed by atoms with E-state index in [1.165, 1.54) is 5.69 Å². The predicted octanol–water partition coefficient (Wildman–Crippen LogP) is 6.66. The number of hydrogen-bond acceptors (Lipinski definition) is 4. The van der Waals surface area contributed by atoms with Gasteiger partial charge in [0.1, 0.15) is 12.5 Å². The number of nitrogens with one attached hydrogen (secondary N) is 2. The topological polar surface area (TPSA) is 82.1 Å². The van der Waals surface area contributed by atoms with E-state index in [9.17, 15) is 0 Å². The molecule has 0 amide bonds. The minimum Gasteiger partial charge on any atom is -0.348 e. The van der Waals surface area contributed by atoms with Crippen molar-refractivity contribution in [3.63, 3.8) is 0 Å². The van der Waals surface area contributed by atoms with Crippen LogP contribution in [0.5, 0.6) is 0 Å². The van der Waals surface area contributed by atoms with Crippen LogP contribution in [0.15, 0.2) is 34.9 Å². The van der Waals surface area contributed by atoms with E-state index >= 15 is 0 Å². The van der Waals surface area contributed by atoms with Gasteiger partial charge in [0.15, 0.2) is 0 Å². The first-order chi connectivity index (χ1) is 12.0. The van der Waals surface area contributed by atoms with E-state index in [1.54, 1.807) is 12.5 Å². The Balaban J connectivity index is -0.000000333. The SMILES string of the molecule is C.C.C.CC(C)(C)C1=NCN=C1.CC(C)(C)c1ncc[nH]1.CC(C)c1cnc[nH]1. The first-order valence-corrected chi connectivity index (χ1v) is 9.04. The standard InChI is InChI=1S/2C7H12N2.C6H10N2.3CH4/c1-7(2,3)6-4-8-5-9-6;1-7(2,3)6-8-4-5-9-6;1-5(2)6-3-7-4-8-6;;;/h4H,5H2,1-3H3;4-5H,1-3H3,(H,8,9);3-5H,1-2H3,(H,7,8);3*1H4. The maximum atomic E-state index is 4.20. The van der Waals surface area contributed by atoms with Crippen LogP contribution in [0.1, 0.15) is 95.1 Å². The molecule has 2 aromatic heterocycles. The molecule has 0 aliphatic carbocycles. The maximum Gasteiger partial charge on any atom is 0.129 e. The lowest BCUT2D eigenvalue weighted by Gasteiger charge is -2.15. The predicted molar refractivity (Wildman–Crippen MR) is 130 cm³/mol. The van der Waals surface area contributed by atoms with Gasteiger partial charge in [-0.15, -0.1) is 0 Å². The van der Waals surface area contributed by atoms with Crippen LogP contribution >= 0.6 is 0 Å². The Morgan fingerprint density at radius 1 is 0.931 bits per heavy atom. The van der Waals surface area contributed by atoms with E-state index < -0.39 is 0 Å². The van der Waals surface area contributed by atoms with Gasteiger partial charge in [-0.25, -0.2) is 9.97 Å². The van der Waals surface area contributed by atoms with E-state index in [0.29, 0.717) is 12.6 Å². The largest absolute Gasteiger partial charge is 0.348 e. The van der Waals surface area contributed by atoms with Crippen molar-refractivity contribution < 1.29 is 0 Å². The molecule has 2 N–H and O–H groups in total. The summed E-state index contributed by atoms with van der Waals surface area (Å²) in [6, 6.07) is 0. The molecule has 0 saturated carbocycles. The molecule has 0 spiro atoms. The Morgan fingerprint density at radius 3 is 1.76 bits per heavy atom. The lowest BCUT2D eigenvalue weighted by Crippen LogP contribution is -2.19. The van der Waals surface area contributed by atoms with Gasteiger partial charge in [0, 0.05) is 41.3 Å². The van der Waals surface area contributed by atoms with Crippen LogP contribution in [0.2, 0.25) is 0 Å². The number of aliphatic imine (C=N–C) groups is 2. The highest BCUT2D eigenvalue weighted by atomic mass is 15.0. The first-order valence-electron chi connectivity index (χ1n) is 9.04. The molecule has 1 aliphatic heterocycles. The number of H-pyrrole nitrogens is 2. The molecule has 1 aliphatic rings. The van der Waals surface area contributed by atoms with Crippen molar-refractivity contribution in [1.82, 2.24) is 19.9 Å². The maximum absolute atomic E-state index is 4.20. The lowest BCUT2D eigenvalue weighted by atomic mass is 9.91. The Kier molecular flexibility index (Phi) is 15.0. The van der Waals surface area contributed by atoms with E-state index in [-0.39, 0.29) is 33.1 Å². The number of rotatable bonds is 1. The highest BCUT2D eigenvalue weighted by Crippen LogP contribution is 2.17. The van der Waals surface area contributed by atoms with Crippen LogP contribution in [0.4, 0.5) is 0 Å². The summed E-state index contributed by atoms with van der Waals surface area (Å²) in [7, 11) is 0. The summed E-state index contributed by atoms with van der Waals surface area (Å²) in [6.07, 6.45) is 9.04. The number of aromatic amines is 2. The molecule has 0 unspecified atom stereocenters. The Hall–Kier alpha value is -2.24. The van der Waals surface area contributed by atoms with Gasteiger partial charge in [-0.2, -0.15) is 0 Å². The molecule has 29 heavy (non-hydrogen) atoms. The van der Waals surface area contributed by atoms with Crippen LogP contribution < -0.4 is 0 Å². The monoisotopic (exact) mass is 406 g/mol. The summed E-state index contributed by atoms with van der Waals surface area (Å²) in [4.78, 5) is 22.3. The number of imidazole rings is 2. The van der Waals surface area contributed by atoms with Crippen LogP contribution in [-0.4, -0.2) is 38.5 Å². The highest BCUT2D eigenvalue weighted by Gasteiger charge is 2.18. The van der Waals surface area contributed by atoms with E-state index in [1.807, 2.05) is 18.6 Å². The highest BCUT2D eigenvalue weighted by molar-refractivity contribution is 6.33. The van der Waals surface area contributed by atoms with Gasteiger partial charge < -0.3 is 9.97 Å². The van der Waals surface area contributed by atoms with Gasteiger partial charge in [0.05, 0.1) is 12.0 Å². The van der Waals surface area contributed by atoms with Crippen LogP contribution in [0.3, 0.4) is 0 Å². The van der Waals surface area contributed by atoms with Crippen molar-refractivity contribution in [2.24, 2.45) is 15.4 Å². The summed E-state index contributed by atoms with van der Waals surface area (Å²) < 4.78 is 0. The molecule has 168 valence electrons. The Labute approximate surface area is 179 Å². The number of nitrogens with zero attached hydrogens (tertiary/aromatic N) is 4. The second-order valence-electron chi connectivity index (χ2n) is 8.60. The van der Waals surface area contributed by atoms with Crippen LogP contribution in [0.25, 0.3) is 0 Å². The summed E-state index contributed by atoms with van der Waals surface area (Å²) in [5.41, 5.74) is 2.65. The van der Waals surface area contributed by atoms with Gasteiger partial charge >= 0.3 is 0 Å². The molecular formula is C23H46N6. The van der Waals surface area contributed by atoms with Crippen molar-refractivity contribution in [1.29, 1.82) is 0 Å². The van der Waals surface area contributed by atoms with Crippen molar-refractivity contribution in [2.45, 2.75) is 89.0 Å². The molecule has 0 saturated heterocycles. The molecule has 3 rings (SSSR count). The zero-order valence-electron chi connectivity index (χ0n) is 17.5. The minimum absolute atomic E-state index is 0. The normalized spacial score (nSPS) is 12.2. The van der Waals surface area contributed by atoms with Gasteiger partial charge in [0.2, 0.25) is 0 Å². The van der Waals surface area contributed by atoms with Gasteiger partial charge in [-0.1, -0.05) is 77.7 Å². The van der Waals surface area contributed by atoms with Crippen LogP contribution in [0, 0.1) is 5.41 Å². The summed E-state index contributed by atoms with van der Waals surface area (Å²) in [5, 5.41) is 0. The molecule has 3 heterocycles. The van der Waals surface area contributed by atoms with Crippen molar-refractivity contribution in [3.8, 4) is 0 Å². The quantitative estimate of drug-likeness (QED) is 0.555. The van der Waals surface area contributed by atoms with Crippen LogP contribution in [-0.2, 0) is 5.41 Å². The fourth-order valence-electron chi connectivity index (χ4n) is 1.97. The average molecular weight is 407 g/mol. The molecule has 2 aromatic rings. The molecular weight excluding hydrogens is 360 g/mol. The summed E-state index contributed by atoms with van der Waals surface area (Å²) >= 11 is 0. The zero-order valence-corrected chi connectivity index (χ0v) is 17.5. The summed E-state index contributed by atoms with van der Waals surface area (Å²) in [6.45, 7) is 17.7. The zero-order chi connectivity index (χ0) is 19.8. The molecule has 0 atom stereocenters. The average Bonchev–Trinajstić information content (AvgIpc) is 3.28. The Morgan fingerprint density at radius 2 is 1.55 bits per heavy atom. The second kappa shape index (κ2) is 13.9. The number of hydrogen-bond donors (Lipinski definition) is 2. The molecule has 0 radical (unpaired) electrons. The molecule has 6 heteroatoms. The minimum atomic E-state index is 0.